The minimum absolute atomic E-state index is 0.344. The number of aromatic nitrogens is 2. The number of aryl methyl sites for hydroxylation is 2. The largest absolute Gasteiger partial charge is 0.493 e. The fourth-order valence-corrected chi connectivity index (χ4v) is 3.24. The Morgan fingerprint density at radius 3 is 2.48 bits per heavy atom. The van der Waals surface area contributed by atoms with Gasteiger partial charge in [-0.1, -0.05) is 31.5 Å². The summed E-state index contributed by atoms with van der Waals surface area (Å²) in [5.74, 6) is 2.93. The number of imidazole rings is 1. The molecule has 132 valence electrons. The van der Waals surface area contributed by atoms with E-state index in [-0.39, 0.29) is 0 Å². The van der Waals surface area contributed by atoms with Crippen molar-refractivity contribution in [3.63, 3.8) is 0 Å². The maximum atomic E-state index is 6.12. The number of ether oxygens (including phenoxy) is 2. The topological polar surface area (TPSA) is 36.3 Å². The lowest BCUT2D eigenvalue weighted by atomic mass is 10.1. The first-order valence-electron chi connectivity index (χ1n) is 8.40. The molecule has 4 nitrogen and oxygen atoms in total. The van der Waals surface area contributed by atoms with Crippen LogP contribution in [0.3, 0.4) is 0 Å². The molecule has 25 heavy (non-hydrogen) atoms. The number of hydrogen-bond donors (Lipinski definition) is 0. The van der Waals surface area contributed by atoms with Crippen LogP contribution >= 0.6 is 11.6 Å². The molecule has 2 aromatic carbocycles. The van der Waals surface area contributed by atoms with Crippen LogP contribution in [-0.2, 0) is 13.0 Å². The van der Waals surface area contributed by atoms with Gasteiger partial charge in [-0.25, -0.2) is 4.98 Å². The van der Waals surface area contributed by atoms with Crippen molar-refractivity contribution in [1.82, 2.24) is 9.55 Å². The molecule has 0 unspecified atom stereocenters. The second-order valence-electron chi connectivity index (χ2n) is 6.35. The highest BCUT2D eigenvalue weighted by Gasteiger charge is 2.14. The minimum Gasteiger partial charge on any atom is -0.493 e. The zero-order valence-electron chi connectivity index (χ0n) is 15.0. The van der Waals surface area contributed by atoms with Crippen molar-refractivity contribution in [3.8, 4) is 11.5 Å². The molecule has 0 fully saturated rings. The highest BCUT2D eigenvalue weighted by Crippen LogP contribution is 2.29. The normalized spacial score (nSPS) is 11.3. The standard InChI is InChI=1S/C20H23ClN2O2/c1-13(2)20-22-16-12-15(21)6-7-17(16)23(20)10-9-14-5-8-18(24-3)19(11-14)25-4/h5-8,11-13H,9-10H2,1-4H3. The zero-order valence-corrected chi connectivity index (χ0v) is 15.8. The van der Waals surface area contributed by atoms with Gasteiger partial charge in [-0.2, -0.15) is 0 Å². The Balaban J connectivity index is 1.91. The monoisotopic (exact) mass is 358 g/mol. The molecule has 0 saturated heterocycles. The van der Waals surface area contributed by atoms with Gasteiger partial charge in [0.1, 0.15) is 5.82 Å². The Kier molecular flexibility index (Phi) is 5.19. The molecular formula is C20H23ClN2O2. The summed E-state index contributed by atoms with van der Waals surface area (Å²) in [6.07, 6.45) is 0.883. The van der Waals surface area contributed by atoms with Crippen LogP contribution in [0.1, 0.15) is 31.2 Å². The van der Waals surface area contributed by atoms with Crippen molar-refractivity contribution in [2.24, 2.45) is 0 Å². The van der Waals surface area contributed by atoms with E-state index < -0.39 is 0 Å². The van der Waals surface area contributed by atoms with Crippen molar-refractivity contribution in [3.05, 3.63) is 52.8 Å². The van der Waals surface area contributed by atoms with Crippen LogP contribution in [0, 0.1) is 0 Å². The van der Waals surface area contributed by atoms with Crippen LogP contribution in [0.25, 0.3) is 11.0 Å². The molecule has 0 spiro atoms. The maximum Gasteiger partial charge on any atom is 0.160 e. The van der Waals surface area contributed by atoms with Crippen molar-refractivity contribution in [2.75, 3.05) is 14.2 Å². The maximum absolute atomic E-state index is 6.12. The molecule has 0 radical (unpaired) electrons. The van der Waals surface area contributed by atoms with Gasteiger partial charge >= 0.3 is 0 Å². The third-order valence-corrected chi connectivity index (χ3v) is 4.56. The first-order valence-corrected chi connectivity index (χ1v) is 8.78. The fraction of sp³-hybridized carbons (Fsp3) is 0.350. The predicted octanol–water partition coefficient (Wildman–Crippen LogP) is 5.07. The molecule has 0 bridgehead atoms. The smallest absolute Gasteiger partial charge is 0.160 e. The molecule has 0 saturated carbocycles. The molecule has 0 atom stereocenters. The molecule has 3 rings (SSSR count). The molecule has 1 aromatic heterocycles. The number of hydrogen-bond acceptors (Lipinski definition) is 3. The predicted molar refractivity (Wildman–Crippen MR) is 102 cm³/mol. The van der Waals surface area contributed by atoms with Crippen LogP contribution in [0.2, 0.25) is 5.02 Å². The van der Waals surface area contributed by atoms with Crippen molar-refractivity contribution in [2.45, 2.75) is 32.7 Å². The minimum atomic E-state index is 0.344. The molecule has 0 N–H and O–H groups in total. The molecule has 0 aliphatic heterocycles. The lowest BCUT2D eigenvalue weighted by Gasteiger charge is -2.13. The number of methoxy groups -OCH3 is 2. The van der Waals surface area contributed by atoms with Crippen LogP contribution < -0.4 is 9.47 Å². The van der Waals surface area contributed by atoms with Gasteiger partial charge in [-0.15, -0.1) is 0 Å². The lowest BCUT2D eigenvalue weighted by Crippen LogP contribution is -2.08. The van der Waals surface area contributed by atoms with E-state index in [2.05, 4.69) is 24.5 Å². The van der Waals surface area contributed by atoms with Gasteiger partial charge in [0.05, 0.1) is 25.3 Å². The molecular weight excluding hydrogens is 336 g/mol. The van der Waals surface area contributed by atoms with Crippen LogP contribution in [0.15, 0.2) is 36.4 Å². The molecule has 0 aliphatic carbocycles. The number of rotatable bonds is 6. The van der Waals surface area contributed by atoms with Crippen molar-refractivity contribution < 1.29 is 9.47 Å². The third kappa shape index (κ3) is 3.59. The Bertz CT molecular complexity index is 887. The van der Waals surface area contributed by atoms with Crippen LogP contribution in [-0.4, -0.2) is 23.8 Å². The quantitative estimate of drug-likeness (QED) is 0.617. The van der Waals surface area contributed by atoms with E-state index in [1.54, 1.807) is 14.2 Å². The Hall–Kier alpha value is -2.20. The van der Waals surface area contributed by atoms with Gasteiger partial charge in [0.25, 0.3) is 0 Å². The summed E-state index contributed by atoms with van der Waals surface area (Å²) in [4.78, 5) is 4.78. The van der Waals surface area contributed by atoms with Gasteiger partial charge in [0, 0.05) is 17.5 Å². The van der Waals surface area contributed by atoms with E-state index >= 15 is 0 Å². The van der Waals surface area contributed by atoms with Crippen LogP contribution in [0.4, 0.5) is 0 Å². The van der Waals surface area contributed by atoms with Crippen molar-refractivity contribution in [1.29, 1.82) is 0 Å². The Morgan fingerprint density at radius 2 is 1.80 bits per heavy atom. The number of halogens is 1. The molecule has 5 heteroatoms. The van der Waals surface area contributed by atoms with E-state index in [1.165, 1.54) is 5.56 Å². The van der Waals surface area contributed by atoms with E-state index in [1.807, 2.05) is 30.3 Å². The van der Waals surface area contributed by atoms with E-state index in [0.29, 0.717) is 10.9 Å². The van der Waals surface area contributed by atoms with E-state index in [0.717, 1.165) is 41.3 Å². The third-order valence-electron chi connectivity index (χ3n) is 4.33. The first-order chi connectivity index (χ1) is 12.0. The average Bonchev–Trinajstić information content (AvgIpc) is 2.97. The van der Waals surface area contributed by atoms with E-state index in [4.69, 9.17) is 26.1 Å². The summed E-state index contributed by atoms with van der Waals surface area (Å²) in [7, 11) is 3.31. The van der Waals surface area contributed by atoms with Gasteiger partial charge in [-0.05, 0) is 42.3 Å². The van der Waals surface area contributed by atoms with Gasteiger partial charge in [-0.3, -0.25) is 0 Å². The average molecular weight is 359 g/mol. The van der Waals surface area contributed by atoms with E-state index in [9.17, 15) is 0 Å². The SMILES string of the molecule is COc1ccc(CCn2c(C(C)C)nc3cc(Cl)ccc32)cc1OC. The summed E-state index contributed by atoms with van der Waals surface area (Å²) in [6, 6.07) is 11.9. The number of nitrogens with zero attached hydrogens (tertiary/aromatic N) is 2. The van der Waals surface area contributed by atoms with Gasteiger partial charge in [0.15, 0.2) is 11.5 Å². The zero-order chi connectivity index (χ0) is 18.0. The second-order valence-corrected chi connectivity index (χ2v) is 6.79. The molecule has 1 heterocycles. The Labute approximate surface area is 153 Å². The summed E-state index contributed by atoms with van der Waals surface area (Å²) in [6.45, 7) is 5.17. The summed E-state index contributed by atoms with van der Waals surface area (Å²) in [5, 5.41) is 0.715. The fourth-order valence-electron chi connectivity index (χ4n) is 3.07. The lowest BCUT2D eigenvalue weighted by molar-refractivity contribution is 0.354. The van der Waals surface area contributed by atoms with Gasteiger partial charge in [0.2, 0.25) is 0 Å². The number of benzene rings is 2. The van der Waals surface area contributed by atoms with Crippen molar-refractivity contribution >= 4 is 22.6 Å². The Morgan fingerprint density at radius 1 is 1.04 bits per heavy atom. The summed E-state index contributed by atoms with van der Waals surface area (Å²) < 4.78 is 13.0. The summed E-state index contributed by atoms with van der Waals surface area (Å²) in [5.41, 5.74) is 3.26. The first kappa shape index (κ1) is 17.6. The molecule has 0 aliphatic rings. The van der Waals surface area contributed by atoms with Gasteiger partial charge < -0.3 is 14.0 Å². The van der Waals surface area contributed by atoms with Crippen LogP contribution in [0.5, 0.6) is 11.5 Å². The highest BCUT2D eigenvalue weighted by molar-refractivity contribution is 6.31. The summed E-state index contributed by atoms with van der Waals surface area (Å²) >= 11 is 6.12. The molecule has 3 aromatic rings. The molecule has 0 amide bonds. The second kappa shape index (κ2) is 7.36. The highest BCUT2D eigenvalue weighted by atomic mass is 35.5. The number of fused-ring (bicyclic) bond motifs is 1.